The Morgan fingerprint density at radius 1 is 0.950 bits per heavy atom. The van der Waals surface area contributed by atoms with Gasteiger partial charge in [-0.15, -0.1) is 0 Å². The molecule has 20 heavy (non-hydrogen) atoms. The minimum atomic E-state index is 0.437. The van der Waals surface area contributed by atoms with Gasteiger partial charge >= 0.3 is 0 Å². The molecule has 2 aromatic carbocycles. The fraction of sp³-hybridized carbons (Fsp3) is 0.250. The molecule has 104 valence electrons. The molecule has 0 N–H and O–H groups in total. The lowest BCUT2D eigenvalue weighted by Gasteiger charge is -2.23. The van der Waals surface area contributed by atoms with Gasteiger partial charge in [-0.3, -0.25) is 0 Å². The monoisotopic (exact) mass is 306 g/mol. The lowest BCUT2D eigenvalue weighted by atomic mass is 10.2. The summed E-state index contributed by atoms with van der Waals surface area (Å²) in [5, 5.41) is 1.55. The van der Waals surface area contributed by atoms with Crippen molar-refractivity contribution in [1.29, 1.82) is 0 Å². The molecule has 0 aromatic heterocycles. The SMILES string of the molecule is CC1CN(c2cccc(Cl)c2)CN1c1cccc(Cl)c1. The molecule has 1 fully saturated rings. The Balaban J connectivity index is 1.83. The van der Waals surface area contributed by atoms with Crippen LogP contribution in [0.4, 0.5) is 11.4 Å². The van der Waals surface area contributed by atoms with Crippen molar-refractivity contribution in [3.05, 3.63) is 58.6 Å². The highest BCUT2D eigenvalue weighted by molar-refractivity contribution is 6.31. The molecule has 0 bridgehead atoms. The minimum absolute atomic E-state index is 0.437. The van der Waals surface area contributed by atoms with Crippen molar-refractivity contribution in [2.45, 2.75) is 13.0 Å². The molecule has 1 heterocycles. The van der Waals surface area contributed by atoms with E-state index < -0.39 is 0 Å². The molecule has 0 spiro atoms. The number of benzene rings is 2. The van der Waals surface area contributed by atoms with Crippen LogP contribution in [0.5, 0.6) is 0 Å². The summed E-state index contributed by atoms with van der Waals surface area (Å²) >= 11 is 12.2. The quantitative estimate of drug-likeness (QED) is 0.796. The molecule has 3 rings (SSSR count). The first-order valence-corrected chi connectivity index (χ1v) is 7.42. The van der Waals surface area contributed by atoms with Crippen molar-refractivity contribution in [3.63, 3.8) is 0 Å². The van der Waals surface area contributed by atoms with Crippen LogP contribution in [0.3, 0.4) is 0 Å². The highest BCUT2D eigenvalue weighted by Gasteiger charge is 2.27. The number of anilines is 2. The molecule has 1 saturated heterocycles. The smallest absolute Gasteiger partial charge is 0.0907 e. The Morgan fingerprint density at radius 2 is 1.55 bits per heavy atom. The molecule has 0 amide bonds. The van der Waals surface area contributed by atoms with Gasteiger partial charge in [0.15, 0.2) is 0 Å². The third kappa shape index (κ3) is 2.72. The van der Waals surface area contributed by atoms with E-state index in [2.05, 4.69) is 28.9 Å². The van der Waals surface area contributed by atoms with E-state index >= 15 is 0 Å². The normalized spacial score (nSPS) is 18.6. The maximum absolute atomic E-state index is 6.09. The lowest BCUT2D eigenvalue weighted by Crippen LogP contribution is -2.28. The number of halogens is 2. The Bertz CT molecular complexity index is 615. The molecule has 1 aliphatic rings. The summed E-state index contributed by atoms with van der Waals surface area (Å²) in [6.07, 6.45) is 0. The minimum Gasteiger partial charge on any atom is -0.352 e. The van der Waals surface area contributed by atoms with Crippen LogP contribution in [0.1, 0.15) is 6.92 Å². The van der Waals surface area contributed by atoms with Crippen molar-refractivity contribution in [2.24, 2.45) is 0 Å². The van der Waals surface area contributed by atoms with E-state index in [1.807, 2.05) is 36.4 Å². The third-order valence-corrected chi connectivity index (χ3v) is 4.12. The van der Waals surface area contributed by atoms with Crippen molar-refractivity contribution in [3.8, 4) is 0 Å². The Morgan fingerprint density at radius 3 is 2.20 bits per heavy atom. The van der Waals surface area contributed by atoms with Gasteiger partial charge in [0.05, 0.1) is 6.67 Å². The molecule has 2 nitrogen and oxygen atoms in total. The van der Waals surface area contributed by atoms with Crippen LogP contribution in [0.2, 0.25) is 10.0 Å². The first-order valence-electron chi connectivity index (χ1n) is 6.66. The zero-order chi connectivity index (χ0) is 14.1. The molecule has 2 aromatic rings. The number of hydrogen-bond acceptors (Lipinski definition) is 2. The van der Waals surface area contributed by atoms with Gasteiger partial charge in [-0.2, -0.15) is 0 Å². The average molecular weight is 307 g/mol. The van der Waals surface area contributed by atoms with Crippen molar-refractivity contribution in [1.82, 2.24) is 0 Å². The van der Waals surface area contributed by atoms with Gasteiger partial charge in [0.2, 0.25) is 0 Å². The van der Waals surface area contributed by atoms with Gasteiger partial charge in [-0.25, -0.2) is 0 Å². The first kappa shape index (κ1) is 13.6. The topological polar surface area (TPSA) is 6.48 Å². The molecule has 0 radical (unpaired) electrons. The lowest BCUT2D eigenvalue weighted by molar-refractivity contribution is 0.778. The zero-order valence-electron chi connectivity index (χ0n) is 11.3. The highest BCUT2D eigenvalue weighted by atomic mass is 35.5. The molecular weight excluding hydrogens is 291 g/mol. The van der Waals surface area contributed by atoms with Gasteiger partial charge in [0, 0.05) is 34.0 Å². The number of hydrogen-bond donors (Lipinski definition) is 0. The summed E-state index contributed by atoms with van der Waals surface area (Å²) in [5.74, 6) is 0. The van der Waals surface area contributed by atoms with Gasteiger partial charge in [-0.05, 0) is 43.3 Å². The molecule has 0 saturated carbocycles. The van der Waals surface area contributed by atoms with Gasteiger partial charge in [0.25, 0.3) is 0 Å². The van der Waals surface area contributed by atoms with Crippen LogP contribution in [-0.4, -0.2) is 19.3 Å². The van der Waals surface area contributed by atoms with Crippen molar-refractivity contribution in [2.75, 3.05) is 23.0 Å². The van der Waals surface area contributed by atoms with E-state index in [4.69, 9.17) is 23.2 Å². The van der Waals surface area contributed by atoms with Crippen molar-refractivity contribution < 1.29 is 0 Å². The Labute approximate surface area is 129 Å². The predicted molar refractivity (Wildman–Crippen MR) is 87.1 cm³/mol. The largest absolute Gasteiger partial charge is 0.352 e. The third-order valence-electron chi connectivity index (χ3n) is 3.65. The van der Waals surface area contributed by atoms with E-state index in [0.717, 1.165) is 34.6 Å². The maximum atomic E-state index is 6.09. The van der Waals surface area contributed by atoms with Crippen LogP contribution in [-0.2, 0) is 0 Å². The summed E-state index contributed by atoms with van der Waals surface area (Å²) in [6.45, 7) is 4.06. The van der Waals surface area contributed by atoms with Crippen LogP contribution in [0.15, 0.2) is 48.5 Å². The van der Waals surface area contributed by atoms with Crippen LogP contribution in [0, 0.1) is 0 Å². The first-order chi connectivity index (χ1) is 9.63. The summed E-state index contributed by atoms with van der Waals surface area (Å²) in [4.78, 5) is 4.68. The summed E-state index contributed by atoms with van der Waals surface area (Å²) < 4.78 is 0. The molecule has 0 aliphatic carbocycles. The van der Waals surface area contributed by atoms with Crippen molar-refractivity contribution >= 4 is 34.6 Å². The fourth-order valence-corrected chi connectivity index (χ4v) is 3.02. The van der Waals surface area contributed by atoms with E-state index in [0.29, 0.717) is 6.04 Å². The predicted octanol–water partition coefficient (Wildman–Crippen LogP) is 4.67. The molecule has 1 aliphatic heterocycles. The average Bonchev–Trinajstić information content (AvgIpc) is 2.81. The van der Waals surface area contributed by atoms with Crippen LogP contribution < -0.4 is 9.80 Å². The van der Waals surface area contributed by atoms with E-state index in [9.17, 15) is 0 Å². The summed E-state index contributed by atoms with van der Waals surface area (Å²) in [5.41, 5.74) is 2.32. The van der Waals surface area contributed by atoms with Gasteiger partial charge in [-0.1, -0.05) is 35.3 Å². The zero-order valence-corrected chi connectivity index (χ0v) is 12.8. The number of rotatable bonds is 2. The molecule has 1 unspecified atom stereocenters. The summed E-state index contributed by atoms with van der Waals surface area (Å²) in [6, 6.07) is 16.4. The second kappa shape index (κ2) is 5.55. The van der Waals surface area contributed by atoms with Crippen LogP contribution >= 0.6 is 23.2 Å². The summed E-state index contributed by atoms with van der Waals surface area (Å²) in [7, 11) is 0. The fourth-order valence-electron chi connectivity index (χ4n) is 2.65. The maximum Gasteiger partial charge on any atom is 0.0907 e. The van der Waals surface area contributed by atoms with Crippen LogP contribution in [0.25, 0.3) is 0 Å². The second-order valence-electron chi connectivity index (χ2n) is 5.14. The number of nitrogens with zero attached hydrogens (tertiary/aromatic N) is 2. The molecular formula is C16H16Cl2N2. The van der Waals surface area contributed by atoms with E-state index in [1.54, 1.807) is 0 Å². The standard InChI is InChI=1S/C16H16Cl2N2/c1-12-10-19(15-6-2-4-13(17)8-15)11-20(12)16-7-3-5-14(18)9-16/h2-9,12H,10-11H2,1H3. The van der Waals surface area contributed by atoms with Gasteiger partial charge in [0.1, 0.15) is 0 Å². The Hall–Kier alpha value is -1.38. The Kier molecular flexibility index (Phi) is 3.77. The highest BCUT2D eigenvalue weighted by Crippen LogP contribution is 2.29. The van der Waals surface area contributed by atoms with Gasteiger partial charge < -0.3 is 9.80 Å². The molecule has 4 heteroatoms. The van der Waals surface area contributed by atoms with E-state index in [-0.39, 0.29) is 0 Å². The molecule has 1 atom stereocenters. The second-order valence-corrected chi connectivity index (χ2v) is 6.02. The van der Waals surface area contributed by atoms with E-state index in [1.165, 1.54) is 0 Å².